The van der Waals surface area contributed by atoms with Gasteiger partial charge in [0.2, 0.25) is 11.8 Å². The van der Waals surface area contributed by atoms with Gasteiger partial charge in [-0.15, -0.1) is 0 Å². The fourth-order valence-electron chi connectivity index (χ4n) is 3.84. The van der Waals surface area contributed by atoms with Gasteiger partial charge in [-0.05, 0) is 29.2 Å². The Hall–Kier alpha value is -2.95. The van der Waals surface area contributed by atoms with Gasteiger partial charge < -0.3 is 9.80 Å². The molecule has 0 spiro atoms. The Balaban J connectivity index is 1.36. The van der Waals surface area contributed by atoms with Crippen LogP contribution in [0.2, 0.25) is 0 Å². The Labute approximate surface area is 159 Å². The van der Waals surface area contributed by atoms with E-state index in [4.69, 9.17) is 0 Å². The predicted octanol–water partition coefficient (Wildman–Crippen LogP) is 2.75. The first kappa shape index (κ1) is 17.5. The quantitative estimate of drug-likeness (QED) is 0.841. The number of pyridine rings is 1. The van der Waals surface area contributed by atoms with Crippen molar-refractivity contribution in [2.24, 2.45) is 5.92 Å². The summed E-state index contributed by atoms with van der Waals surface area (Å²) in [6, 6.07) is 14.1. The second-order valence-corrected chi connectivity index (χ2v) is 7.17. The average molecular weight is 361 g/mol. The summed E-state index contributed by atoms with van der Waals surface area (Å²) in [6.07, 6.45) is 6.79. The van der Waals surface area contributed by atoms with Crippen LogP contribution < -0.4 is 0 Å². The predicted molar refractivity (Wildman–Crippen MR) is 103 cm³/mol. The number of amides is 2. The van der Waals surface area contributed by atoms with Crippen LogP contribution in [0.3, 0.4) is 0 Å². The number of aromatic nitrogens is 1. The molecule has 138 valence electrons. The van der Waals surface area contributed by atoms with Gasteiger partial charge in [0.05, 0.1) is 5.92 Å². The van der Waals surface area contributed by atoms with Crippen LogP contribution in [0.15, 0.2) is 60.9 Å². The summed E-state index contributed by atoms with van der Waals surface area (Å²) in [5.74, 6) is -0.0871. The van der Waals surface area contributed by atoms with E-state index in [2.05, 4.69) is 23.2 Å². The number of carbonyl (C=O) groups excluding carboxylic acids is 2. The molecule has 0 N–H and O–H groups in total. The maximum Gasteiger partial charge on any atom is 0.228 e. The van der Waals surface area contributed by atoms with Crippen LogP contribution in [0.5, 0.6) is 0 Å². The summed E-state index contributed by atoms with van der Waals surface area (Å²) in [5, 5.41) is 0. The third-order valence-corrected chi connectivity index (χ3v) is 5.33. The lowest BCUT2D eigenvalue weighted by Crippen LogP contribution is -2.39. The van der Waals surface area contributed by atoms with Crippen molar-refractivity contribution in [3.63, 3.8) is 0 Å². The van der Waals surface area contributed by atoms with E-state index in [1.165, 1.54) is 11.1 Å². The first-order chi connectivity index (χ1) is 13.2. The number of carbonyl (C=O) groups is 2. The van der Waals surface area contributed by atoms with E-state index in [9.17, 15) is 9.59 Å². The van der Waals surface area contributed by atoms with Gasteiger partial charge in [-0.1, -0.05) is 42.5 Å². The van der Waals surface area contributed by atoms with E-state index in [0.717, 1.165) is 12.0 Å². The third-order valence-electron chi connectivity index (χ3n) is 5.33. The summed E-state index contributed by atoms with van der Waals surface area (Å²) in [6.45, 7) is 2.36. The molecule has 1 aromatic heterocycles. The minimum Gasteiger partial charge on any atom is -0.338 e. The van der Waals surface area contributed by atoms with Crippen molar-refractivity contribution < 1.29 is 9.59 Å². The second-order valence-electron chi connectivity index (χ2n) is 7.17. The highest BCUT2D eigenvalue weighted by molar-refractivity contribution is 5.89. The maximum atomic E-state index is 12.9. The van der Waals surface area contributed by atoms with Crippen LogP contribution in [0, 0.1) is 5.92 Å². The number of benzene rings is 1. The monoisotopic (exact) mass is 361 g/mol. The highest BCUT2D eigenvalue weighted by Gasteiger charge is 2.36. The smallest absolute Gasteiger partial charge is 0.228 e. The highest BCUT2D eigenvalue weighted by Crippen LogP contribution is 2.26. The molecule has 1 aromatic carbocycles. The van der Waals surface area contributed by atoms with Gasteiger partial charge in [0, 0.05) is 45.0 Å². The van der Waals surface area contributed by atoms with Crippen molar-refractivity contribution in [2.45, 2.75) is 19.4 Å². The Morgan fingerprint density at radius 1 is 1.15 bits per heavy atom. The van der Waals surface area contributed by atoms with Gasteiger partial charge in [0.1, 0.15) is 0 Å². The van der Waals surface area contributed by atoms with Crippen molar-refractivity contribution in [2.75, 3.05) is 19.6 Å². The normalized spacial score (nSPS) is 19.9. The van der Waals surface area contributed by atoms with E-state index in [-0.39, 0.29) is 17.7 Å². The molecule has 2 aromatic rings. The molecule has 1 saturated heterocycles. The van der Waals surface area contributed by atoms with Crippen molar-refractivity contribution in [1.82, 2.24) is 14.8 Å². The van der Waals surface area contributed by atoms with Gasteiger partial charge >= 0.3 is 0 Å². The lowest BCUT2D eigenvalue weighted by molar-refractivity contribution is -0.135. The number of likely N-dealkylation sites (tertiary alicyclic amines) is 1. The summed E-state index contributed by atoms with van der Waals surface area (Å²) in [4.78, 5) is 33.0. The van der Waals surface area contributed by atoms with Gasteiger partial charge in [-0.25, -0.2) is 0 Å². The minimum atomic E-state index is -0.235. The van der Waals surface area contributed by atoms with Gasteiger partial charge in [0.25, 0.3) is 0 Å². The standard InChI is InChI=1S/C22H23N3O2/c26-21-13-20(16-25(21)15-17-5-4-10-23-14-17)22(27)24-11-8-19(9-12-24)18-6-2-1-3-7-18/h1-8,10,14,20H,9,11-13,15-16H2/t20-/m0/s1. The molecule has 1 fully saturated rings. The molecule has 4 rings (SSSR count). The van der Waals surface area contributed by atoms with Crippen molar-refractivity contribution in [3.05, 3.63) is 72.1 Å². The molecule has 0 saturated carbocycles. The fraction of sp³-hybridized carbons (Fsp3) is 0.318. The molecule has 0 bridgehead atoms. The fourth-order valence-corrected chi connectivity index (χ4v) is 3.84. The van der Waals surface area contributed by atoms with Crippen LogP contribution in [0.1, 0.15) is 24.0 Å². The summed E-state index contributed by atoms with van der Waals surface area (Å²) in [5.41, 5.74) is 3.51. The molecule has 1 atom stereocenters. The number of rotatable bonds is 4. The second kappa shape index (κ2) is 7.74. The van der Waals surface area contributed by atoms with E-state index in [0.29, 0.717) is 32.6 Å². The Kier molecular flexibility index (Phi) is 5.01. The molecule has 0 aliphatic carbocycles. The van der Waals surface area contributed by atoms with Gasteiger partial charge in [-0.3, -0.25) is 14.6 Å². The van der Waals surface area contributed by atoms with E-state index >= 15 is 0 Å². The zero-order valence-electron chi connectivity index (χ0n) is 15.3. The number of hydrogen-bond acceptors (Lipinski definition) is 3. The Morgan fingerprint density at radius 2 is 2.00 bits per heavy atom. The molecule has 2 aliphatic rings. The lowest BCUT2D eigenvalue weighted by atomic mass is 9.98. The highest BCUT2D eigenvalue weighted by atomic mass is 16.2. The maximum absolute atomic E-state index is 12.9. The summed E-state index contributed by atoms with van der Waals surface area (Å²) >= 11 is 0. The van der Waals surface area contributed by atoms with Crippen LogP contribution in [0.25, 0.3) is 5.57 Å². The Bertz CT molecular complexity index is 848. The average Bonchev–Trinajstić information content (AvgIpc) is 3.09. The molecule has 27 heavy (non-hydrogen) atoms. The molecule has 2 amide bonds. The van der Waals surface area contributed by atoms with Crippen LogP contribution in [-0.2, 0) is 16.1 Å². The third kappa shape index (κ3) is 3.92. The van der Waals surface area contributed by atoms with Crippen molar-refractivity contribution >= 4 is 17.4 Å². The van der Waals surface area contributed by atoms with Crippen LogP contribution >= 0.6 is 0 Å². The van der Waals surface area contributed by atoms with Crippen molar-refractivity contribution in [3.8, 4) is 0 Å². The topological polar surface area (TPSA) is 53.5 Å². The number of hydrogen-bond donors (Lipinski definition) is 0. The van der Waals surface area contributed by atoms with Gasteiger partial charge in [-0.2, -0.15) is 0 Å². The summed E-state index contributed by atoms with van der Waals surface area (Å²) in [7, 11) is 0. The molecule has 0 radical (unpaired) electrons. The first-order valence-electron chi connectivity index (χ1n) is 9.40. The number of nitrogens with zero attached hydrogens (tertiary/aromatic N) is 3. The molecule has 5 heteroatoms. The van der Waals surface area contributed by atoms with Crippen LogP contribution in [-0.4, -0.2) is 46.2 Å². The largest absolute Gasteiger partial charge is 0.338 e. The van der Waals surface area contributed by atoms with Crippen molar-refractivity contribution in [1.29, 1.82) is 0 Å². The SMILES string of the molecule is O=C1C[C@H](C(=O)N2CC=C(c3ccccc3)CC2)CN1Cc1cccnc1. The first-order valence-corrected chi connectivity index (χ1v) is 9.40. The van der Waals surface area contributed by atoms with E-state index < -0.39 is 0 Å². The molecule has 5 nitrogen and oxygen atoms in total. The van der Waals surface area contributed by atoms with Gasteiger partial charge in [0.15, 0.2) is 0 Å². The van der Waals surface area contributed by atoms with E-state index in [1.807, 2.05) is 35.2 Å². The molecule has 2 aliphatic heterocycles. The molecule has 3 heterocycles. The lowest BCUT2D eigenvalue weighted by Gasteiger charge is -2.29. The minimum absolute atomic E-state index is 0.0507. The zero-order valence-corrected chi connectivity index (χ0v) is 15.3. The summed E-state index contributed by atoms with van der Waals surface area (Å²) < 4.78 is 0. The molecular formula is C22H23N3O2. The van der Waals surface area contributed by atoms with Crippen LogP contribution in [0.4, 0.5) is 0 Å². The Morgan fingerprint density at radius 3 is 2.70 bits per heavy atom. The zero-order chi connectivity index (χ0) is 18.6. The molecule has 0 unspecified atom stereocenters. The molecular weight excluding hydrogens is 338 g/mol. The van der Waals surface area contributed by atoms with E-state index in [1.54, 1.807) is 17.3 Å².